The van der Waals surface area contributed by atoms with Crippen molar-refractivity contribution in [1.82, 2.24) is 4.98 Å². The number of aromatic nitrogens is 1. The number of alkyl halides is 2. The number of pyridine rings is 1. The van der Waals surface area contributed by atoms with Gasteiger partial charge in [-0.05, 0) is 15.9 Å². The van der Waals surface area contributed by atoms with Gasteiger partial charge >= 0.3 is 5.97 Å². The van der Waals surface area contributed by atoms with E-state index in [1.165, 1.54) is 0 Å². The molecule has 1 heterocycles. The molecule has 0 saturated heterocycles. The molecule has 4 nitrogen and oxygen atoms in total. The van der Waals surface area contributed by atoms with Crippen molar-refractivity contribution >= 4 is 27.7 Å². The molecule has 1 aromatic rings. The van der Waals surface area contributed by atoms with Gasteiger partial charge in [0.25, 0.3) is 6.43 Å². The smallest absolute Gasteiger partial charge is 0.307 e. The number of hydrogen-bond donors (Lipinski definition) is 2. The number of anilines is 1. The first-order valence-corrected chi connectivity index (χ1v) is 4.65. The number of halogens is 3. The van der Waals surface area contributed by atoms with E-state index in [1.807, 2.05) is 0 Å². The van der Waals surface area contributed by atoms with Crippen molar-refractivity contribution in [1.29, 1.82) is 0 Å². The number of carbonyl (C=O) groups is 1. The Hall–Kier alpha value is -1.24. The average Bonchev–Trinajstić information content (AvgIpc) is 2.10. The molecule has 0 atom stereocenters. The van der Waals surface area contributed by atoms with E-state index in [2.05, 4.69) is 20.9 Å². The van der Waals surface area contributed by atoms with Gasteiger partial charge in [0.15, 0.2) is 0 Å². The maximum atomic E-state index is 12.6. The molecule has 0 amide bonds. The third kappa shape index (κ3) is 2.62. The van der Waals surface area contributed by atoms with Crippen LogP contribution in [-0.4, -0.2) is 16.1 Å². The summed E-state index contributed by atoms with van der Waals surface area (Å²) in [5.41, 5.74) is 4.79. The quantitative estimate of drug-likeness (QED) is 0.888. The van der Waals surface area contributed by atoms with E-state index in [9.17, 15) is 13.6 Å². The summed E-state index contributed by atoms with van der Waals surface area (Å²) in [5.74, 6) is -1.42. The van der Waals surface area contributed by atoms with Crippen LogP contribution in [0.4, 0.5) is 14.6 Å². The van der Waals surface area contributed by atoms with Crippen molar-refractivity contribution < 1.29 is 18.7 Å². The SMILES string of the molecule is Nc1ncc(Br)c(C(F)F)c1CC(=O)O. The molecule has 0 radical (unpaired) electrons. The molecular weight excluding hydrogens is 274 g/mol. The van der Waals surface area contributed by atoms with Crippen LogP contribution in [0.5, 0.6) is 0 Å². The van der Waals surface area contributed by atoms with Crippen LogP contribution in [0.3, 0.4) is 0 Å². The van der Waals surface area contributed by atoms with E-state index >= 15 is 0 Å². The largest absolute Gasteiger partial charge is 0.481 e. The summed E-state index contributed by atoms with van der Waals surface area (Å²) in [5, 5.41) is 8.54. The molecule has 0 fully saturated rings. The second-order valence-electron chi connectivity index (χ2n) is 2.75. The van der Waals surface area contributed by atoms with Gasteiger partial charge in [-0.25, -0.2) is 13.8 Å². The Kier molecular flexibility index (Phi) is 3.57. The van der Waals surface area contributed by atoms with Crippen LogP contribution in [0.15, 0.2) is 10.7 Å². The van der Waals surface area contributed by atoms with E-state index in [-0.39, 0.29) is 15.9 Å². The van der Waals surface area contributed by atoms with Gasteiger partial charge in [0.2, 0.25) is 0 Å². The lowest BCUT2D eigenvalue weighted by Crippen LogP contribution is -2.09. The second-order valence-corrected chi connectivity index (χ2v) is 3.61. The summed E-state index contributed by atoms with van der Waals surface area (Å²) >= 11 is 2.88. The fourth-order valence-electron chi connectivity index (χ4n) is 1.13. The normalized spacial score (nSPS) is 10.7. The van der Waals surface area contributed by atoms with Gasteiger partial charge in [-0.3, -0.25) is 4.79 Å². The van der Waals surface area contributed by atoms with Crippen LogP contribution in [0, 0.1) is 0 Å². The Morgan fingerprint density at radius 3 is 2.73 bits per heavy atom. The zero-order chi connectivity index (χ0) is 11.6. The molecule has 0 spiro atoms. The highest BCUT2D eigenvalue weighted by atomic mass is 79.9. The molecular formula is C8H7BrF2N2O2. The third-order valence-electron chi connectivity index (χ3n) is 1.75. The van der Waals surface area contributed by atoms with Crippen LogP contribution in [-0.2, 0) is 11.2 Å². The Labute approximate surface area is 92.2 Å². The average molecular weight is 281 g/mol. The third-order valence-corrected chi connectivity index (χ3v) is 2.39. The number of hydrogen-bond acceptors (Lipinski definition) is 3. The van der Waals surface area contributed by atoms with Crippen LogP contribution >= 0.6 is 15.9 Å². The van der Waals surface area contributed by atoms with E-state index in [0.29, 0.717) is 0 Å². The van der Waals surface area contributed by atoms with Gasteiger partial charge in [0.05, 0.1) is 6.42 Å². The standard InChI is InChI=1S/C8H7BrF2N2O2/c9-4-2-13-8(12)3(1-5(14)15)6(4)7(10)11/h2,7H,1H2,(H2,12,13)(H,14,15). The van der Waals surface area contributed by atoms with E-state index in [1.54, 1.807) is 0 Å². The number of carboxylic acid groups (broad SMARTS) is 1. The van der Waals surface area contributed by atoms with Crippen LogP contribution in [0.2, 0.25) is 0 Å². The van der Waals surface area contributed by atoms with E-state index in [4.69, 9.17) is 10.8 Å². The van der Waals surface area contributed by atoms with E-state index < -0.39 is 24.4 Å². The second kappa shape index (κ2) is 4.52. The molecule has 0 aromatic carbocycles. The molecule has 1 aromatic heterocycles. The summed E-state index contributed by atoms with van der Waals surface area (Å²) in [6, 6.07) is 0. The first kappa shape index (κ1) is 11.8. The van der Waals surface area contributed by atoms with Gasteiger partial charge in [0.1, 0.15) is 5.82 Å². The lowest BCUT2D eigenvalue weighted by Gasteiger charge is -2.10. The predicted molar refractivity (Wildman–Crippen MR) is 52.6 cm³/mol. The van der Waals surface area contributed by atoms with Crippen molar-refractivity contribution in [2.24, 2.45) is 0 Å². The number of rotatable bonds is 3. The maximum absolute atomic E-state index is 12.6. The number of aliphatic carboxylic acids is 1. The fraction of sp³-hybridized carbons (Fsp3) is 0.250. The molecule has 0 aliphatic rings. The van der Waals surface area contributed by atoms with Crippen molar-refractivity contribution in [2.45, 2.75) is 12.8 Å². The Balaban J connectivity index is 3.31. The minimum absolute atomic E-state index is 0.0583. The highest BCUT2D eigenvalue weighted by Crippen LogP contribution is 2.32. The molecule has 1 rings (SSSR count). The minimum Gasteiger partial charge on any atom is -0.481 e. The molecule has 0 bridgehead atoms. The fourth-order valence-corrected chi connectivity index (χ4v) is 1.64. The lowest BCUT2D eigenvalue weighted by molar-refractivity contribution is -0.136. The molecule has 0 aliphatic heterocycles. The van der Waals surface area contributed by atoms with Crippen LogP contribution < -0.4 is 5.73 Å². The highest BCUT2D eigenvalue weighted by molar-refractivity contribution is 9.10. The lowest BCUT2D eigenvalue weighted by atomic mass is 10.1. The Bertz CT molecular complexity index is 398. The number of nitrogens with zero attached hydrogens (tertiary/aromatic N) is 1. The molecule has 82 valence electrons. The predicted octanol–water partition coefficient (Wildman–Crippen LogP) is 1.99. The Morgan fingerprint density at radius 1 is 1.67 bits per heavy atom. The summed E-state index contributed by atoms with van der Waals surface area (Å²) in [6.45, 7) is 0. The van der Waals surface area contributed by atoms with Gasteiger partial charge in [-0.2, -0.15) is 0 Å². The molecule has 7 heteroatoms. The number of nitrogen functional groups attached to an aromatic ring is 1. The molecule has 0 unspecified atom stereocenters. The zero-order valence-electron chi connectivity index (χ0n) is 7.38. The van der Waals surface area contributed by atoms with Crippen LogP contribution in [0.1, 0.15) is 17.6 Å². The highest BCUT2D eigenvalue weighted by Gasteiger charge is 2.21. The summed E-state index contributed by atoms with van der Waals surface area (Å²) in [6.07, 6.45) is -2.24. The molecule has 0 saturated carbocycles. The van der Waals surface area contributed by atoms with Crippen molar-refractivity contribution in [2.75, 3.05) is 5.73 Å². The van der Waals surface area contributed by atoms with Gasteiger partial charge in [-0.15, -0.1) is 0 Å². The molecule has 0 aliphatic carbocycles. The number of carboxylic acids is 1. The first-order chi connectivity index (χ1) is 6.93. The van der Waals surface area contributed by atoms with Gasteiger partial charge in [0, 0.05) is 21.8 Å². The van der Waals surface area contributed by atoms with Crippen LogP contribution in [0.25, 0.3) is 0 Å². The zero-order valence-corrected chi connectivity index (χ0v) is 8.96. The summed E-state index contributed by atoms with van der Waals surface area (Å²) in [7, 11) is 0. The van der Waals surface area contributed by atoms with Crippen molar-refractivity contribution in [3.63, 3.8) is 0 Å². The van der Waals surface area contributed by atoms with Gasteiger partial charge in [-0.1, -0.05) is 0 Å². The van der Waals surface area contributed by atoms with Crippen molar-refractivity contribution in [3.05, 3.63) is 21.8 Å². The van der Waals surface area contributed by atoms with Gasteiger partial charge < -0.3 is 10.8 Å². The Morgan fingerprint density at radius 2 is 2.27 bits per heavy atom. The van der Waals surface area contributed by atoms with E-state index in [0.717, 1.165) is 6.20 Å². The summed E-state index contributed by atoms with van der Waals surface area (Å²) < 4.78 is 25.3. The molecule has 3 N–H and O–H groups in total. The minimum atomic E-state index is -2.79. The topological polar surface area (TPSA) is 76.2 Å². The maximum Gasteiger partial charge on any atom is 0.307 e. The number of nitrogens with two attached hydrogens (primary N) is 1. The van der Waals surface area contributed by atoms with Crippen molar-refractivity contribution in [3.8, 4) is 0 Å². The first-order valence-electron chi connectivity index (χ1n) is 3.86. The monoisotopic (exact) mass is 280 g/mol. The molecule has 15 heavy (non-hydrogen) atoms. The summed E-state index contributed by atoms with van der Waals surface area (Å²) in [4.78, 5) is 14.1.